The van der Waals surface area contributed by atoms with E-state index in [1.807, 2.05) is 18.2 Å². The molecule has 0 aliphatic heterocycles. The highest BCUT2D eigenvalue weighted by Crippen LogP contribution is 2.62. The second kappa shape index (κ2) is 7.90. The first-order valence-corrected chi connectivity index (χ1v) is 13.4. The number of allylic oxidation sites excluding steroid dienone is 4. The number of benzene rings is 1. The van der Waals surface area contributed by atoms with Crippen molar-refractivity contribution in [2.75, 3.05) is 6.61 Å². The summed E-state index contributed by atoms with van der Waals surface area (Å²) < 4.78 is 17.5. The zero-order valence-corrected chi connectivity index (χ0v) is 19.7. The number of hydrogen-bond acceptors (Lipinski definition) is 4. The van der Waals surface area contributed by atoms with Crippen molar-refractivity contribution in [3.63, 3.8) is 0 Å². The molecule has 1 aromatic carbocycles. The molecule has 0 aromatic heterocycles. The summed E-state index contributed by atoms with van der Waals surface area (Å²) in [6.07, 6.45) is 7.51. The van der Waals surface area contributed by atoms with E-state index in [1.54, 1.807) is 19.1 Å². The van der Waals surface area contributed by atoms with Gasteiger partial charge in [-0.3, -0.25) is 14.2 Å². The Bertz CT molecular complexity index is 1080. The van der Waals surface area contributed by atoms with Gasteiger partial charge in [0.05, 0.1) is 11.9 Å². The lowest BCUT2D eigenvalue weighted by Crippen LogP contribution is -2.43. The summed E-state index contributed by atoms with van der Waals surface area (Å²) in [6, 6.07) is 7.25. The van der Waals surface area contributed by atoms with E-state index in [1.165, 1.54) is 16.7 Å². The molecule has 4 aliphatic rings. The molecule has 2 fully saturated rings. The van der Waals surface area contributed by atoms with Gasteiger partial charge in [0.2, 0.25) is 0 Å². The number of ketones is 2. The van der Waals surface area contributed by atoms with Crippen molar-refractivity contribution >= 4 is 24.5 Å². The highest BCUT2D eigenvalue weighted by molar-refractivity contribution is 7.61. The summed E-state index contributed by atoms with van der Waals surface area (Å²) in [4.78, 5) is 35.3. The van der Waals surface area contributed by atoms with Gasteiger partial charge in [-0.25, -0.2) is 0 Å². The van der Waals surface area contributed by atoms with Crippen LogP contribution in [0.3, 0.4) is 0 Å². The van der Waals surface area contributed by atoms with Crippen molar-refractivity contribution in [2.45, 2.75) is 64.7 Å². The maximum absolute atomic E-state index is 13.0. The van der Waals surface area contributed by atoms with Crippen LogP contribution in [0.25, 0.3) is 0 Å². The monoisotopic (exact) mass is 454 g/mol. The second-order valence-corrected chi connectivity index (χ2v) is 11.8. The van der Waals surface area contributed by atoms with Gasteiger partial charge in [-0.15, -0.1) is 0 Å². The summed E-state index contributed by atoms with van der Waals surface area (Å²) in [5.41, 5.74) is 4.73. The predicted molar refractivity (Wildman–Crippen MR) is 123 cm³/mol. The van der Waals surface area contributed by atoms with Gasteiger partial charge >= 0.3 is 7.60 Å². The molecule has 0 heterocycles. The Kier molecular flexibility index (Phi) is 5.43. The van der Waals surface area contributed by atoms with Crippen LogP contribution in [-0.4, -0.2) is 23.1 Å². The average Bonchev–Trinajstić information content (AvgIpc) is 3.07. The highest BCUT2D eigenvalue weighted by atomic mass is 31.2. The first-order chi connectivity index (χ1) is 15.2. The van der Waals surface area contributed by atoms with Crippen molar-refractivity contribution in [3.8, 4) is 0 Å². The minimum Gasteiger partial charge on any atom is -0.321 e. The van der Waals surface area contributed by atoms with Gasteiger partial charge in [0.25, 0.3) is 0 Å². The van der Waals surface area contributed by atoms with Crippen LogP contribution in [0.1, 0.15) is 70.3 Å². The van der Waals surface area contributed by atoms with Gasteiger partial charge in [-0.2, -0.15) is 0 Å². The fraction of sp³-hybridized carbons (Fsp3) is 0.538. The first kappa shape index (κ1) is 22.0. The number of carbonyl (C=O) groups is 2. The molecule has 1 aromatic rings. The van der Waals surface area contributed by atoms with E-state index < -0.39 is 7.60 Å². The maximum atomic E-state index is 13.0. The van der Waals surface area contributed by atoms with Crippen molar-refractivity contribution in [1.82, 2.24) is 0 Å². The third-order valence-corrected chi connectivity index (χ3v) is 9.93. The summed E-state index contributed by atoms with van der Waals surface area (Å²) in [5, 5.41) is 0.293. The van der Waals surface area contributed by atoms with Gasteiger partial charge < -0.3 is 9.42 Å². The molecule has 5 rings (SSSR count). The Balaban J connectivity index is 1.61. The average molecular weight is 455 g/mol. The van der Waals surface area contributed by atoms with Crippen molar-refractivity contribution < 1.29 is 23.6 Å². The lowest BCUT2D eigenvalue weighted by Gasteiger charge is -2.50. The van der Waals surface area contributed by atoms with Crippen LogP contribution in [0.5, 0.6) is 0 Å². The minimum atomic E-state index is -3.82. The van der Waals surface area contributed by atoms with Crippen molar-refractivity contribution in [3.05, 3.63) is 52.6 Å². The van der Waals surface area contributed by atoms with Crippen LogP contribution in [0, 0.1) is 17.3 Å². The fourth-order valence-corrected chi connectivity index (χ4v) is 7.90. The van der Waals surface area contributed by atoms with Gasteiger partial charge in [-0.1, -0.05) is 24.6 Å². The third kappa shape index (κ3) is 3.41. The molecular formula is C26H31O5P. The van der Waals surface area contributed by atoms with E-state index in [0.717, 1.165) is 37.7 Å². The van der Waals surface area contributed by atoms with Crippen LogP contribution in [-0.2, 0) is 18.7 Å². The molecule has 2 unspecified atom stereocenters. The zero-order chi connectivity index (χ0) is 22.7. The van der Waals surface area contributed by atoms with E-state index in [4.69, 9.17) is 4.52 Å². The smallest absolute Gasteiger partial charge is 0.321 e. The number of rotatable bonds is 4. The Morgan fingerprint density at radius 1 is 1.09 bits per heavy atom. The first-order valence-electron chi connectivity index (χ1n) is 11.8. The molecule has 0 spiro atoms. The lowest BCUT2D eigenvalue weighted by atomic mass is 9.53. The number of Topliss-reactive ketones (excluding diaryl/α,β-unsaturated/α-hetero) is 1. The zero-order valence-electron chi connectivity index (χ0n) is 18.8. The molecule has 4 aliphatic carbocycles. The molecule has 2 saturated carbocycles. The van der Waals surface area contributed by atoms with Crippen molar-refractivity contribution in [2.24, 2.45) is 17.3 Å². The Morgan fingerprint density at radius 2 is 1.84 bits per heavy atom. The fourth-order valence-electron chi connectivity index (χ4n) is 6.88. The molecule has 0 radical (unpaired) electrons. The van der Waals surface area contributed by atoms with Crippen LogP contribution >= 0.6 is 7.60 Å². The summed E-state index contributed by atoms with van der Waals surface area (Å²) in [5.74, 6) is 1.44. The summed E-state index contributed by atoms with van der Waals surface area (Å²) in [7, 11) is -3.82. The Morgan fingerprint density at radius 3 is 2.56 bits per heavy atom. The van der Waals surface area contributed by atoms with E-state index in [-0.39, 0.29) is 23.7 Å². The molecule has 0 amide bonds. The molecule has 1 N–H and O–H groups in total. The van der Waals surface area contributed by atoms with E-state index in [2.05, 4.69) is 6.92 Å². The molecule has 6 heteroatoms. The van der Waals surface area contributed by atoms with E-state index in [0.29, 0.717) is 35.8 Å². The van der Waals surface area contributed by atoms with Gasteiger partial charge in [0.1, 0.15) is 5.78 Å². The molecule has 32 heavy (non-hydrogen) atoms. The lowest BCUT2D eigenvalue weighted by molar-refractivity contribution is -0.128. The predicted octanol–water partition coefficient (Wildman–Crippen LogP) is 5.00. The van der Waals surface area contributed by atoms with Gasteiger partial charge in [0.15, 0.2) is 5.78 Å². The maximum Gasteiger partial charge on any atom is 0.358 e. The van der Waals surface area contributed by atoms with Gasteiger partial charge in [-0.05, 0) is 85.8 Å². The molecule has 5 nitrogen and oxygen atoms in total. The van der Waals surface area contributed by atoms with Crippen molar-refractivity contribution in [1.29, 1.82) is 0 Å². The summed E-state index contributed by atoms with van der Waals surface area (Å²) in [6.45, 7) is 4.03. The number of carbonyl (C=O) groups excluding carboxylic acids is 2. The number of hydrogen-bond donors (Lipinski definition) is 1. The van der Waals surface area contributed by atoms with Crippen LogP contribution in [0.15, 0.2) is 47.1 Å². The molecule has 0 bridgehead atoms. The molecular weight excluding hydrogens is 423 g/mol. The highest BCUT2D eigenvalue weighted by Gasteiger charge is 2.56. The topological polar surface area (TPSA) is 80.7 Å². The standard InChI is InChI=1S/C26H31O5P/c1-3-31-32(29,30)19-8-4-16(5-9-19)22-15-26(2)23(12-13-24(26)28)21-10-6-17-14-18(27)7-11-20(17)25(21)22/h4-5,8-9,14,21-23H,3,6-7,10-13,15H2,1-2H3,(H,29,30)/t21?,22-,23+,26+/m1/s1. The van der Waals surface area contributed by atoms with Crippen LogP contribution in [0.2, 0.25) is 0 Å². The molecule has 0 saturated heterocycles. The van der Waals surface area contributed by atoms with E-state index in [9.17, 15) is 19.0 Å². The normalized spacial score (nSPS) is 33.8. The van der Waals surface area contributed by atoms with E-state index >= 15 is 0 Å². The quantitative estimate of drug-likeness (QED) is 0.648. The Labute approximate surface area is 189 Å². The van der Waals surface area contributed by atoms with Crippen LogP contribution in [0.4, 0.5) is 0 Å². The SMILES string of the molecule is CCOP(=O)(O)c1ccc([C@H]2C[C@]3(C)C(=O)CC[C@H]3C3CCC4=CC(=O)CCC4=C32)cc1. The minimum absolute atomic E-state index is 0.0921. The second-order valence-electron chi connectivity index (χ2n) is 9.99. The van der Waals surface area contributed by atoms with Crippen LogP contribution < -0.4 is 5.30 Å². The van der Waals surface area contributed by atoms with Gasteiger partial charge in [0, 0.05) is 24.2 Å². The third-order valence-electron chi connectivity index (χ3n) is 8.37. The number of fused-ring (bicyclic) bond motifs is 4. The molecule has 5 atom stereocenters. The largest absolute Gasteiger partial charge is 0.358 e. The summed E-state index contributed by atoms with van der Waals surface area (Å²) >= 11 is 0. The molecule has 170 valence electrons. The Hall–Kier alpha value is -1.81.